The Morgan fingerprint density at radius 1 is 1.45 bits per heavy atom. The highest BCUT2D eigenvalue weighted by atomic mass is 35.5. The summed E-state index contributed by atoms with van der Waals surface area (Å²) in [5, 5.41) is 0. The van der Waals surface area contributed by atoms with Gasteiger partial charge in [0.2, 0.25) is 0 Å². The molecule has 60 valence electrons. The molecule has 4 heteroatoms. The molecule has 0 aromatic carbocycles. The van der Waals surface area contributed by atoms with Crippen molar-refractivity contribution in [2.24, 2.45) is 0 Å². The number of rotatable bonds is 1. The van der Waals surface area contributed by atoms with Gasteiger partial charge in [0.05, 0.1) is 0 Å². The molecule has 1 aromatic heterocycles. The standard InChI is InChI=1S/C7H7NO2.ClH/c1-6(9)10-7-2-4-8-5-3-7;/h2-5H,1H3;1H. The van der Waals surface area contributed by atoms with Gasteiger partial charge in [-0.2, -0.15) is 0 Å². The Kier molecular flexibility index (Phi) is 4.22. The number of esters is 1. The van der Waals surface area contributed by atoms with Gasteiger partial charge in [0, 0.05) is 19.3 Å². The van der Waals surface area contributed by atoms with Crippen molar-refractivity contribution in [1.82, 2.24) is 4.98 Å². The third kappa shape index (κ3) is 3.57. The number of hydrogen-bond donors (Lipinski definition) is 0. The van der Waals surface area contributed by atoms with Crippen molar-refractivity contribution in [1.29, 1.82) is 0 Å². The normalized spacial score (nSPS) is 8.09. The monoisotopic (exact) mass is 173 g/mol. The van der Waals surface area contributed by atoms with Crippen LogP contribution in [0, 0.1) is 0 Å². The molecule has 0 aliphatic rings. The summed E-state index contributed by atoms with van der Waals surface area (Å²) < 4.78 is 4.74. The van der Waals surface area contributed by atoms with Crippen molar-refractivity contribution in [3.8, 4) is 5.75 Å². The van der Waals surface area contributed by atoms with Crippen molar-refractivity contribution in [3.05, 3.63) is 24.5 Å². The molecule has 0 spiro atoms. The molecule has 11 heavy (non-hydrogen) atoms. The van der Waals surface area contributed by atoms with Crippen LogP contribution in [0.3, 0.4) is 0 Å². The molecule has 3 nitrogen and oxygen atoms in total. The zero-order valence-electron chi connectivity index (χ0n) is 5.98. The first-order valence-electron chi connectivity index (χ1n) is 2.87. The Hall–Kier alpha value is -1.09. The van der Waals surface area contributed by atoms with Gasteiger partial charge in [0.25, 0.3) is 0 Å². The number of halogens is 1. The van der Waals surface area contributed by atoms with E-state index in [1.165, 1.54) is 6.92 Å². The van der Waals surface area contributed by atoms with Gasteiger partial charge in [-0.05, 0) is 12.1 Å². The van der Waals surface area contributed by atoms with Crippen LogP contribution in [0.1, 0.15) is 6.92 Å². The molecule has 1 rings (SSSR count). The third-order valence-corrected chi connectivity index (χ3v) is 0.911. The Labute approximate surface area is 70.8 Å². The molecular weight excluding hydrogens is 166 g/mol. The van der Waals surface area contributed by atoms with E-state index in [1.54, 1.807) is 24.5 Å². The molecule has 0 saturated carbocycles. The predicted octanol–water partition coefficient (Wildman–Crippen LogP) is 1.43. The molecule has 0 unspecified atom stereocenters. The Bertz CT molecular complexity index is 225. The van der Waals surface area contributed by atoms with Crippen LogP contribution in [0.2, 0.25) is 0 Å². The average molecular weight is 174 g/mol. The van der Waals surface area contributed by atoms with E-state index in [4.69, 9.17) is 4.74 Å². The van der Waals surface area contributed by atoms with Gasteiger partial charge in [-0.25, -0.2) is 0 Å². The van der Waals surface area contributed by atoms with E-state index in [0.29, 0.717) is 5.75 Å². The Morgan fingerprint density at radius 2 is 2.00 bits per heavy atom. The summed E-state index contributed by atoms with van der Waals surface area (Å²) in [5.41, 5.74) is 0. The molecule has 0 N–H and O–H groups in total. The summed E-state index contributed by atoms with van der Waals surface area (Å²) in [6.07, 6.45) is 3.14. The average Bonchev–Trinajstić information content (AvgIpc) is 1.88. The zero-order valence-corrected chi connectivity index (χ0v) is 6.80. The fourth-order valence-electron chi connectivity index (χ4n) is 0.572. The lowest BCUT2D eigenvalue weighted by Gasteiger charge is -1.96. The minimum absolute atomic E-state index is 0. The van der Waals surface area contributed by atoms with Gasteiger partial charge in [-0.3, -0.25) is 9.78 Å². The van der Waals surface area contributed by atoms with Gasteiger partial charge >= 0.3 is 5.97 Å². The van der Waals surface area contributed by atoms with Crippen molar-refractivity contribution >= 4 is 18.4 Å². The highest BCUT2D eigenvalue weighted by molar-refractivity contribution is 5.85. The van der Waals surface area contributed by atoms with Crippen LogP contribution in [0.25, 0.3) is 0 Å². The van der Waals surface area contributed by atoms with Crippen LogP contribution < -0.4 is 4.74 Å². The second-order valence-corrected chi connectivity index (χ2v) is 1.78. The first-order chi connectivity index (χ1) is 4.79. The van der Waals surface area contributed by atoms with E-state index >= 15 is 0 Å². The lowest BCUT2D eigenvalue weighted by atomic mass is 10.4. The highest BCUT2D eigenvalue weighted by Gasteiger charge is 1.93. The van der Waals surface area contributed by atoms with E-state index in [1.807, 2.05) is 0 Å². The third-order valence-electron chi connectivity index (χ3n) is 0.911. The Balaban J connectivity index is 0.000001000. The number of carbonyl (C=O) groups excluding carboxylic acids is 1. The van der Waals surface area contributed by atoms with Crippen LogP contribution in [0.5, 0.6) is 5.75 Å². The summed E-state index contributed by atoms with van der Waals surface area (Å²) in [6, 6.07) is 3.25. The van der Waals surface area contributed by atoms with Crippen molar-refractivity contribution in [2.45, 2.75) is 6.92 Å². The quantitative estimate of drug-likeness (QED) is 0.603. The number of pyridine rings is 1. The number of ether oxygens (including phenoxy) is 1. The lowest BCUT2D eigenvalue weighted by molar-refractivity contribution is -0.131. The molecular formula is C7H8ClNO2. The second kappa shape index (κ2) is 4.68. The maximum Gasteiger partial charge on any atom is 0.308 e. The van der Waals surface area contributed by atoms with Crippen LogP contribution >= 0.6 is 12.4 Å². The van der Waals surface area contributed by atoms with Crippen molar-refractivity contribution in [3.63, 3.8) is 0 Å². The van der Waals surface area contributed by atoms with E-state index in [0.717, 1.165) is 0 Å². The van der Waals surface area contributed by atoms with Crippen molar-refractivity contribution < 1.29 is 9.53 Å². The van der Waals surface area contributed by atoms with Gasteiger partial charge < -0.3 is 4.74 Å². The van der Waals surface area contributed by atoms with Crippen LogP contribution in [0.4, 0.5) is 0 Å². The number of nitrogens with zero attached hydrogens (tertiary/aromatic N) is 1. The van der Waals surface area contributed by atoms with Gasteiger partial charge in [0.1, 0.15) is 5.75 Å². The maximum atomic E-state index is 10.4. The Morgan fingerprint density at radius 3 is 2.45 bits per heavy atom. The minimum atomic E-state index is -0.314. The first-order valence-corrected chi connectivity index (χ1v) is 2.87. The lowest BCUT2D eigenvalue weighted by Crippen LogP contribution is -2.00. The zero-order chi connectivity index (χ0) is 7.40. The fourth-order valence-corrected chi connectivity index (χ4v) is 0.572. The van der Waals surface area contributed by atoms with E-state index in [9.17, 15) is 4.79 Å². The summed E-state index contributed by atoms with van der Waals surface area (Å²) in [6.45, 7) is 1.36. The topological polar surface area (TPSA) is 39.2 Å². The number of carbonyl (C=O) groups is 1. The molecule has 0 fully saturated rings. The highest BCUT2D eigenvalue weighted by Crippen LogP contribution is 2.05. The van der Waals surface area contributed by atoms with Crippen LogP contribution in [-0.2, 0) is 4.79 Å². The minimum Gasteiger partial charge on any atom is -0.427 e. The predicted molar refractivity (Wildman–Crippen MR) is 42.8 cm³/mol. The SMILES string of the molecule is CC(=O)Oc1ccncc1.Cl. The van der Waals surface area contributed by atoms with Crippen molar-refractivity contribution in [2.75, 3.05) is 0 Å². The molecule has 1 aromatic rings. The summed E-state index contributed by atoms with van der Waals surface area (Å²) >= 11 is 0. The molecule has 0 aliphatic carbocycles. The molecule has 0 saturated heterocycles. The maximum absolute atomic E-state index is 10.4. The summed E-state index contributed by atoms with van der Waals surface area (Å²) in [5.74, 6) is 0.216. The fraction of sp³-hybridized carbons (Fsp3) is 0.143. The smallest absolute Gasteiger partial charge is 0.308 e. The summed E-state index contributed by atoms with van der Waals surface area (Å²) in [7, 11) is 0. The molecule has 1 heterocycles. The van der Waals surface area contributed by atoms with Crippen LogP contribution in [-0.4, -0.2) is 11.0 Å². The largest absolute Gasteiger partial charge is 0.427 e. The van der Waals surface area contributed by atoms with E-state index < -0.39 is 0 Å². The molecule has 0 bridgehead atoms. The number of aromatic nitrogens is 1. The van der Waals surface area contributed by atoms with Gasteiger partial charge in [-0.1, -0.05) is 0 Å². The van der Waals surface area contributed by atoms with Gasteiger partial charge in [-0.15, -0.1) is 12.4 Å². The molecule has 0 radical (unpaired) electrons. The van der Waals surface area contributed by atoms with Gasteiger partial charge in [0.15, 0.2) is 0 Å². The summed E-state index contributed by atoms with van der Waals surface area (Å²) in [4.78, 5) is 14.1. The first kappa shape index (κ1) is 9.91. The second-order valence-electron chi connectivity index (χ2n) is 1.78. The van der Waals surface area contributed by atoms with E-state index in [2.05, 4.69) is 4.98 Å². The van der Waals surface area contributed by atoms with Crippen LogP contribution in [0.15, 0.2) is 24.5 Å². The molecule has 0 amide bonds. The molecule has 0 aliphatic heterocycles. The number of hydrogen-bond acceptors (Lipinski definition) is 3. The van der Waals surface area contributed by atoms with E-state index in [-0.39, 0.29) is 18.4 Å². The molecule has 0 atom stereocenters.